The van der Waals surface area contributed by atoms with Crippen LogP contribution in [0, 0.1) is 5.92 Å². The highest BCUT2D eigenvalue weighted by atomic mass is 35.5. The fraction of sp³-hybridized carbons (Fsp3) is 0.409. The minimum Gasteiger partial charge on any atom is -0.326 e. The summed E-state index contributed by atoms with van der Waals surface area (Å²) in [7, 11) is -7.13. The Bertz CT molecular complexity index is 1200. The Labute approximate surface area is 199 Å². The van der Waals surface area contributed by atoms with Crippen LogP contribution in [0.5, 0.6) is 0 Å². The van der Waals surface area contributed by atoms with Crippen molar-refractivity contribution in [1.29, 1.82) is 0 Å². The summed E-state index contributed by atoms with van der Waals surface area (Å²) in [6, 6.07) is 12.2. The molecule has 1 N–H and O–H groups in total. The van der Waals surface area contributed by atoms with Crippen molar-refractivity contribution in [3.63, 3.8) is 0 Å². The first-order valence-corrected chi connectivity index (χ1v) is 14.1. The summed E-state index contributed by atoms with van der Waals surface area (Å²) in [4.78, 5) is 13.1. The second-order valence-corrected chi connectivity index (χ2v) is 12.6. The highest BCUT2D eigenvalue weighted by Gasteiger charge is 2.32. The van der Waals surface area contributed by atoms with E-state index in [0.29, 0.717) is 36.6 Å². The second kappa shape index (κ2) is 9.71. The second-order valence-electron chi connectivity index (χ2n) is 8.26. The number of nitrogens with zero attached hydrogens (tertiary/aromatic N) is 2. The van der Waals surface area contributed by atoms with E-state index in [1.807, 2.05) is 0 Å². The van der Waals surface area contributed by atoms with Crippen LogP contribution in [0.25, 0.3) is 0 Å². The van der Waals surface area contributed by atoms with Crippen molar-refractivity contribution in [2.75, 3.05) is 31.5 Å². The maximum absolute atomic E-state index is 12.8. The Morgan fingerprint density at radius 3 is 1.73 bits per heavy atom. The van der Waals surface area contributed by atoms with Gasteiger partial charge in [-0.2, -0.15) is 8.61 Å². The topological polar surface area (TPSA) is 104 Å². The molecule has 0 unspecified atom stereocenters. The van der Waals surface area contributed by atoms with Crippen LogP contribution in [0.3, 0.4) is 0 Å². The van der Waals surface area contributed by atoms with E-state index in [0.717, 1.165) is 12.8 Å². The van der Waals surface area contributed by atoms with E-state index in [-0.39, 0.29) is 34.7 Å². The molecule has 2 aromatic rings. The molecule has 2 saturated heterocycles. The fourth-order valence-corrected chi connectivity index (χ4v) is 7.26. The number of sulfonamides is 2. The van der Waals surface area contributed by atoms with E-state index >= 15 is 0 Å². The molecule has 0 aromatic heterocycles. The Morgan fingerprint density at radius 2 is 1.21 bits per heavy atom. The number of piperidine rings is 1. The molecule has 1 amide bonds. The summed E-state index contributed by atoms with van der Waals surface area (Å²) in [6.07, 6.45) is 2.54. The Morgan fingerprint density at radius 1 is 0.758 bits per heavy atom. The lowest BCUT2D eigenvalue weighted by atomic mass is 9.97. The molecule has 4 rings (SSSR count). The van der Waals surface area contributed by atoms with E-state index in [9.17, 15) is 21.6 Å². The Hall–Kier alpha value is -1.98. The lowest BCUT2D eigenvalue weighted by Crippen LogP contribution is -2.41. The molecular weight excluding hydrogens is 486 g/mol. The number of hydrogen-bond donors (Lipinski definition) is 1. The van der Waals surface area contributed by atoms with Crippen molar-refractivity contribution in [3.05, 3.63) is 53.6 Å². The normalized spacial score (nSPS) is 18.9. The summed E-state index contributed by atoms with van der Waals surface area (Å²) < 4.78 is 53.7. The molecule has 8 nitrogen and oxygen atoms in total. The number of anilines is 1. The first-order chi connectivity index (χ1) is 15.7. The number of amides is 1. The van der Waals surface area contributed by atoms with Crippen LogP contribution in [-0.4, -0.2) is 57.5 Å². The molecule has 11 heteroatoms. The molecule has 2 aromatic carbocycles. The van der Waals surface area contributed by atoms with Gasteiger partial charge in [0.25, 0.3) is 0 Å². The number of nitrogens with one attached hydrogen (secondary N) is 1. The van der Waals surface area contributed by atoms with Crippen molar-refractivity contribution in [1.82, 2.24) is 8.61 Å². The molecule has 0 aliphatic carbocycles. The maximum Gasteiger partial charge on any atom is 0.243 e. The zero-order chi connectivity index (χ0) is 23.6. The molecule has 33 heavy (non-hydrogen) atoms. The predicted molar refractivity (Wildman–Crippen MR) is 126 cm³/mol. The Balaban J connectivity index is 1.34. The summed E-state index contributed by atoms with van der Waals surface area (Å²) in [5.74, 6) is -0.525. The number of benzene rings is 2. The summed E-state index contributed by atoms with van der Waals surface area (Å²) >= 11 is 5.84. The van der Waals surface area contributed by atoms with E-state index in [1.54, 1.807) is 12.1 Å². The van der Waals surface area contributed by atoms with Gasteiger partial charge in [-0.05, 0) is 74.2 Å². The highest BCUT2D eigenvalue weighted by Crippen LogP contribution is 2.26. The number of rotatable bonds is 6. The van der Waals surface area contributed by atoms with Crippen molar-refractivity contribution >= 4 is 43.2 Å². The van der Waals surface area contributed by atoms with Gasteiger partial charge in [-0.1, -0.05) is 11.6 Å². The number of hydrogen-bond acceptors (Lipinski definition) is 5. The third-order valence-electron chi connectivity index (χ3n) is 6.10. The first kappa shape index (κ1) is 24.2. The fourth-order valence-electron chi connectivity index (χ4n) is 4.15. The lowest BCUT2D eigenvalue weighted by molar-refractivity contribution is -0.120. The summed E-state index contributed by atoms with van der Waals surface area (Å²) in [5, 5.41) is 3.29. The Kier molecular flexibility index (Phi) is 7.11. The number of halogens is 1. The molecule has 0 saturated carbocycles. The van der Waals surface area contributed by atoms with E-state index in [4.69, 9.17) is 11.6 Å². The van der Waals surface area contributed by atoms with Gasteiger partial charge in [0.05, 0.1) is 9.79 Å². The van der Waals surface area contributed by atoms with Gasteiger partial charge >= 0.3 is 0 Å². The zero-order valence-electron chi connectivity index (χ0n) is 18.0. The van der Waals surface area contributed by atoms with Crippen LogP contribution in [0.15, 0.2) is 58.3 Å². The standard InChI is InChI=1S/C22H26ClN3O5S2/c23-18-3-7-20(8-4-18)33(30,31)26-15-11-17(12-16-26)22(27)24-19-5-9-21(10-6-19)32(28,29)25-13-1-2-14-25/h3-10,17H,1-2,11-16H2,(H,24,27). The van der Waals surface area contributed by atoms with Crippen LogP contribution < -0.4 is 5.32 Å². The predicted octanol–water partition coefficient (Wildman–Crippen LogP) is 3.16. The third-order valence-corrected chi connectivity index (χ3v) is 10.2. The molecule has 0 bridgehead atoms. The molecule has 2 heterocycles. The summed E-state index contributed by atoms with van der Waals surface area (Å²) in [6.45, 7) is 1.56. The smallest absolute Gasteiger partial charge is 0.243 e. The van der Waals surface area contributed by atoms with Gasteiger partial charge in [0.1, 0.15) is 0 Å². The van der Waals surface area contributed by atoms with Crippen LogP contribution in [0.1, 0.15) is 25.7 Å². The van der Waals surface area contributed by atoms with E-state index in [2.05, 4.69) is 5.32 Å². The molecule has 2 aliphatic heterocycles. The van der Waals surface area contributed by atoms with E-state index in [1.165, 1.54) is 45.0 Å². The maximum atomic E-state index is 12.8. The van der Waals surface area contributed by atoms with Gasteiger partial charge < -0.3 is 5.32 Å². The van der Waals surface area contributed by atoms with Crippen LogP contribution in [0.2, 0.25) is 5.02 Å². The monoisotopic (exact) mass is 511 g/mol. The first-order valence-electron chi connectivity index (χ1n) is 10.8. The minimum atomic E-state index is -3.63. The average molecular weight is 512 g/mol. The number of carbonyl (C=O) groups excluding carboxylic acids is 1. The van der Waals surface area contributed by atoms with Crippen LogP contribution in [0.4, 0.5) is 5.69 Å². The lowest BCUT2D eigenvalue weighted by Gasteiger charge is -2.30. The van der Waals surface area contributed by atoms with Crippen molar-refractivity contribution in [2.45, 2.75) is 35.5 Å². The molecule has 0 radical (unpaired) electrons. The minimum absolute atomic E-state index is 0.179. The number of carbonyl (C=O) groups is 1. The third kappa shape index (κ3) is 5.25. The van der Waals surface area contributed by atoms with Gasteiger partial charge in [0.2, 0.25) is 26.0 Å². The van der Waals surface area contributed by atoms with Crippen molar-refractivity contribution < 1.29 is 21.6 Å². The van der Waals surface area contributed by atoms with Crippen molar-refractivity contribution in [3.8, 4) is 0 Å². The SMILES string of the molecule is O=C(Nc1ccc(S(=O)(=O)N2CCCC2)cc1)C1CCN(S(=O)(=O)c2ccc(Cl)cc2)CC1. The van der Waals surface area contributed by atoms with Crippen LogP contribution in [-0.2, 0) is 24.8 Å². The van der Waals surface area contributed by atoms with Gasteiger partial charge in [-0.3, -0.25) is 4.79 Å². The van der Waals surface area contributed by atoms with Crippen molar-refractivity contribution in [2.24, 2.45) is 5.92 Å². The van der Waals surface area contributed by atoms with Gasteiger partial charge in [0, 0.05) is 42.8 Å². The molecule has 0 spiro atoms. The molecular formula is C22H26ClN3O5S2. The molecule has 2 fully saturated rings. The molecule has 2 aliphatic rings. The average Bonchev–Trinajstić information content (AvgIpc) is 3.36. The van der Waals surface area contributed by atoms with Gasteiger partial charge in [-0.25, -0.2) is 16.8 Å². The summed E-state index contributed by atoms with van der Waals surface area (Å²) in [5.41, 5.74) is 0.511. The van der Waals surface area contributed by atoms with Crippen LogP contribution >= 0.6 is 11.6 Å². The van der Waals surface area contributed by atoms with Gasteiger partial charge in [-0.15, -0.1) is 0 Å². The van der Waals surface area contributed by atoms with Gasteiger partial charge in [0.15, 0.2) is 0 Å². The molecule has 178 valence electrons. The van der Waals surface area contributed by atoms with E-state index < -0.39 is 20.0 Å². The largest absolute Gasteiger partial charge is 0.326 e. The molecule has 0 atom stereocenters. The highest BCUT2D eigenvalue weighted by molar-refractivity contribution is 7.89. The quantitative estimate of drug-likeness (QED) is 0.641. The zero-order valence-corrected chi connectivity index (χ0v) is 20.4.